The average Bonchev–Trinajstić information content (AvgIpc) is 2.73. The minimum atomic E-state index is -1.37. The molecule has 20 heavy (non-hydrogen) atoms. The van der Waals surface area contributed by atoms with E-state index in [9.17, 15) is 18.8 Å². The Morgan fingerprint density at radius 2 is 2.10 bits per heavy atom. The molecule has 1 fully saturated rings. The highest BCUT2D eigenvalue weighted by molar-refractivity contribution is 9.10. The number of carboxylic acids is 1. The Kier molecular flexibility index (Phi) is 3.76. The molecule has 1 atom stereocenters. The number of halogens is 2. The molecule has 6 nitrogen and oxygen atoms in total. The fraction of sp³-hybridized carbons (Fsp3) is 0.250. The number of carbonyl (C=O) groups excluding carboxylic acids is 2. The number of amides is 2. The smallest absolute Gasteiger partial charge is 0.339 e. The third-order valence-corrected chi connectivity index (χ3v) is 3.75. The van der Waals surface area contributed by atoms with E-state index in [1.807, 2.05) is 0 Å². The number of primary amides is 1. The van der Waals surface area contributed by atoms with Crippen LogP contribution in [0.15, 0.2) is 16.6 Å². The van der Waals surface area contributed by atoms with Crippen LogP contribution in [0.2, 0.25) is 0 Å². The van der Waals surface area contributed by atoms with Gasteiger partial charge in [0.25, 0.3) is 0 Å². The molecule has 1 saturated heterocycles. The number of hydrogen-bond acceptors (Lipinski definition) is 3. The monoisotopic (exact) mass is 344 g/mol. The first kappa shape index (κ1) is 14.4. The molecule has 1 aliphatic heterocycles. The van der Waals surface area contributed by atoms with Gasteiger partial charge in [-0.1, -0.05) is 0 Å². The molecule has 1 aromatic rings. The Bertz CT molecular complexity index is 620. The number of rotatable bonds is 3. The summed E-state index contributed by atoms with van der Waals surface area (Å²) in [6.07, 6.45) is -0.152. The average molecular weight is 345 g/mol. The molecule has 3 N–H and O–H groups in total. The lowest BCUT2D eigenvalue weighted by atomic mass is 10.1. The quantitative estimate of drug-likeness (QED) is 0.857. The van der Waals surface area contributed by atoms with Gasteiger partial charge in [-0.15, -0.1) is 0 Å². The highest BCUT2D eigenvalue weighted by atomic mass is 79.9. The predicted molar refractivity (Wildman–Crippen MR) is 70.7 cm³/mol. The number of aromatic carboxylic acids is 1. The Morgan fingerprint density at radius 1 is 1.45 bits per heavy atom. The van der Waals surface area contributed by atoms with Crippen LogP contribution in [0.25, 0.3) is 0 Å². The molecule has 2 amide bonds. The predicted octanol–water partition coefficient (Wildman–Crippen LogP) is 1.12. The Labute approximate surface area is 121 Å². The molecular weight excluding hydrogens is 335 g/mol. The highest BCUT2D eigenvalue weighted by Gasteiger charge is 2.37. The molecule has 1 aliphatic rings. The summed E-state index contributed by atoms with van der Waals surface area (Å²) in [7, 11) is 0. The number of benzene rings is 1. The van der Waals surface area contributed by atoms with Gasteiger partial charge in [-0.2, -0.15) is 0 Å². The maximum absolute atomic E-state index is 13.9. The summed E-state index contributed by atoms with van der Waals surface area (Å²) < 4.78 is 14.1. The van der Waals surface area contributed by atoms with E-state index in [1.165, 1.54) is 6.07 Å². The first-order valence-electron chi connectivity index (χ1n) is 5.64. The van der Waals surface area contributed by atoms with Crippen molar-refractivity contribution in [2.45, 2.75) is 6.42 Å². The van der Waals surface area contributed by atoms with Crippen LogP contribution >= 0.6 is 15.9 Å². The molecule has 2 rings (SSSR count). The lowest BCUT2D eigenvalue weighted by molar-refractivity contribution is -0.123. The van der Waals surface area contributed by atoms with Crippen LogP contribution < -0.4 is 10.6 Å². The fourth-order valence-electron chi connectivity index (χ4n) is 2.12. The van der Waals surface area contributed by atoms with Gasteiger partial charge in [0.1, 0.15) is 11.4 Å². The maximum Gasteiger partial charge on any atom is 0.339 e. The Hall–Kier alpha value is -1.96. The van der Waals surface area contributed by atoms with Crippen molar-refractivity contribution in [3.63, 3.8) is 0 Å². The molecule has 0 aromatic heterocycles. The summed E-state index contributed by atoms with van der Waals surface area (Å²) in [6, 6.07) is 2.30. The van der Waals surface area contributed by atoms with E-state index in [4.69, 9.17) is 10.8 Å². The normalized spacial score (nSPS) is 18.4. The number of carbonyl (C=O) groups is 3. The van der Waals surface area contributed by atoms with Crippen molar-refractivity contribution in [2.75, 3.05) is 11.4 Å². The van der Waals surface area contributed by atoms with Crippen molar-refractivity contribution >= 4 is 39.4 Å². The van der Waals surface area contributed by atoms with Crippen molar-refractivity contribution in [1.82, 2.24) is 0 Å². The molecule has 0 spiro atoms. The van der Waals surface area contributed by atoms with Gasteiger partial charge in [-0.3, -0.25) is 9.59 Å². The van der Waals surface area contributed by atoms with E-state index in [0.29, 0.717) is 0 Å². The van der Waals surface area contributed by atoms with Crippen molar-refractivity contribution in [3.8, 4) is 0 Å². The molecule has 1 aromatic carbocycles. The summed E-state index contributed by atoms with van der Waals surface area (Å²) in [5.74, 6) is -4.17. The van der Waals surface area contributed by atoms with Crippen molar-refractivity contribution < 1.29 is 23.9 Å². The van der Waals surface area contributed by atoms with Crippen LogP contribution in [-0.4, -0.2) is 29.4 Å². The number of nitrogens with two attached hydrogens (primary N) is 1. The zero-order valence-corrected chi connectivity index (χ0v) is 11.7. The summed E-state index contributed by atoms with van der Waals surface area (Å²) in [5, 5.41) is 9.17. The van der Waals surface area contributed by atoms with Crippen LogP contribution in [0.1, 0.15) is 16.8 Å². The van der Waals surface area contributed by atoms with Gasteiger partial charge in [0.15, 0.2) is 0 Å². The zero-order chi connectivity index (χ0) is 15.0. The summed E-state index contributed by atoms with van der Waals surface area (Å²) in [4.78, 5) is 35.2. The summed E-state index contributed by atoms with van der Waals surface area (Å²) in [5.41, 5.74) is 4.42. The topological polar surface area (TPSA) is 101 Å². The molecule has 0 radical (unpaired) electrons. The number of anilines is 1. The molecule has 0 saturated carbocycles. The molecule has 0 bridgehead atoms. The summed E-state index contributed by atoms with van der Waals surface area (Å²) >= 11 is 3.02. The first-order valence-corrected chi connectivity index (χ1v) is 6.43. The second-order valence-corrected chi connectivity index (χ2v) is 5.22. The molecule has 1 heterocycles. The van der Waals surface area contributed by atoms with Crippen LogP contribution in [0.5, 0.6) is 0 Å². The molecule has 0 aliphatic carbocycles. The highest BCUT2D eigenvalue weighted by Crippen LogP contribution is 2.34. The van der Waals surface area contributed by atoms with Gasteiger partial charge >= 0.3 is 5.97 Å². The minimum Gasteiger partial charge on any atom is -0.478 e. The maximum atomic E-state index is 13.9. The second kappa shape index (κ2) is 5.20. The minimum absolute atomic E-state index is 0.123. The largest absolute Gasteiger partial charge is 0.478 e. The lowest BCUT2D eigenvalue weighted by Gasteiger charge is -2.20. The fourth-order valence-corrected chi connectivity index (χ4v) is 2.61. The summed E-state index contributed by atoms with van der Waals surface area (Å²) in [6.45, 7) is -0.123. The number of nitrogens with zero attached hydrogens (tertiary/aromatic N) is 1. The SMILES string of the molecule is NC(=O)C1CC(=O)N(c2c(F)ccc(Br)c2C(=O)O)C1. The first-order chi connectivity index (χ1) is 9.32. The zero-order valence-electron chi connectivity index (χ0n) is 10.1. The Balaban J connectivity index is 2.53. The van der Waals surface area contributed by atoms with Gasteiger partial charge < -0.3 is 15.7 Å². The van der Waals surface area contributed by atoms with E-state index < -0.39 is 29.5 Å². The van der Waals surface area contributed by atoms with Crippen molar-refractivity contribution in [1.29, 1.82) is 0 Å². The lowest BCUT2D eigenvalue weighted by Crippen LogP contribution is -2.30. The van der Waals surface area contributed by atoms with Crippen molar-refractivity contribution in [2.24, 2.45) is 11.7 Å². The standard InChI is InChI=1S/C12H10BrFN2O4/c13-6-1-2-7(14)10(9(6)12(19)20)16-4-5(11(15)18)3-8(16)17/h1-2,5H,3-4H2,(H2,15,18)(H,19,20). The van der Waals surface area contributed by atoms with Gasteiger partial charge in [-0.25, -0.2) is 9.18 Å². The molecule has 106 valence electrons. The van der Waals surface area contributed by atoms with Crippen molar-refractivity contribution in [3.05, 3.63) is 28.0 Å². The van der Waals surface area contributed by atoms with E-state index in [2.05, 4.69) is 15.9 Å². The van der Waals surface area contributed by atoms with Crippen LogP contribution in [0.3, 0.4) is 0 Å². The van der Waals surface area contributed by atoms with E-state index >= 15 is 0 Å². The third kappa shape index (κ3) is 2.38. The van der Waals surface area contributed by atoms with Gasteiger partial charge in [0.05, 0.1) is 11.6 Å². The second-order valence-electron chi connectivity index (χ2n) is 4.37. The van der Waals surface area contributed by atoms with Crippen LogP contribution in [-0.2, 0) is 9.59 Å². The van der Waals surface area contributed by atoms with Crippen LogP contribution in [0, 0.1) is 11.7 Å². The number of hydrogen-bond donors (Lipinski definition) is 2. The third-order valence-electron chi connectivity index (χ3n) is 3.09. The van der Waals surface area contributed by atoms with Gasteiger partial charge in [-0.05, 0) is 28.1 Å². The van der Waals surface area contributed by atoms with Gasteiger partial charge in [0, 0.05) is 17.4 Å². The van der Waals surface area contributed by atoms with E-state index in [0.717, 1.165) is 11.0 Å². The van der Waals surface area contributed by atoms with E-state index in [-0.39, 0.29) is 28.7 Å². The van der Waals surface area contributed by atoms with E-state index in [1.54, 1.807) is 0 Å². The number of carboxylic acid groups (broad SMARTS) is 1. The van der Waals surface area contributed by atoms with Gasteiger partial charge in [0.2, 0.25) is 11.8 Å². The Morgan fingerprint density at radius 3 is 2.60 bits per heavy atom. The molecule has 1 unspecified atom stereocenters. The van der Waals surface area contributed by atoms with Crippen LogP contribution in [0.4, 0.5) is 10.1 Å². The molecule has 8 heteroatoms. The molecular formula is C12H10BrFN2O4.